The molecule has 2 aromatic carbocycles. The molecule has 0 N–H and O–H groups in total. The molecule has 6 aliphatic rings. The third kappa shape index (κ3) is 10.2. The second-order valence-electron chi connectivity index (χ2n) is 17.4. The summed E-state index contributed by atoms with van der Waals surface area (Å²) in [5, 5.41) is 1.91. The lowest BCUT2D eigenvalue weighted by Crippen LogP contribution is -2.47. The zero-order chi connectivity index (χ0) is 44.2. The lowest BCUT2D eigenvalue weighted by atomic mass is 10.1. The normalized spacial score (nSPS) is 20.9. The van der Waals surface area contributed by atoms with Crippen molar-refractivity contribution in [1.82, 2.24) is 39.4 Å². The smallest absolute Gasteiger partial charge is 0.265 e. The van der Waals surface area contributed by atoms with E-state index in [4.69, 9.17) is 18.9 Å². The Morgan fingerprint density at radius 1 is 0.500 bits per heavy atom. The molecule has 16 nitrogen and oxygen atoms in total. The van der Waals surface area contributed by atoms with Crippen LogP contribution in [0.5, 0.6) is 23.0 Å². The maximum Gasteiger partial charge on any atom is 0.265 e. The lowest BCUT2D eigenvalue weighted by Gasteiger charge is -2.38. The molecule has 4 saturated heterocycles. The second kappa shape index (κ2) is 20.2. The fourth-order valence-corrected chi connectivity index (χ4v) is 10.9. The highest BCUT2D eigenvalue weighted by Crippen LogP contribution is 2.36. The van der Waals surface area contributed by atoms with E-state index in [-0.39, 0.29) is 11.8 Å². The molecule has 10 rings (SSSR count). The Bertz CT molecular complexity index is 2060. The van der Waals surface area contributed by atoms with Crippen molar-refractivity contribution >= 4 is 44.8 Å². The molecule has 4 fully saturated rings. The molecule has 0 saturated carbocycles. The molecule has 4 aromatic rings. The van der Waals surface area contributed by atoms with Crippen LogP contribution in [0.4, 0.5) is 10.3 Å². The molecular weight excluding hydrogens is 853 g/mol. The van der Waals surface area contributed by atoms with Crippen molar-refractivity contribution in [3.63, 3.8) is 0 Å². The van der Waals surface area contributed by atoms with E-state index in [9.17, 15) is 9.59 Å². The van der Waals surface area contributed by atoms with Gasteiger partial charge in [0.1, 0.15) is 36.2 Å². The first-order chi connectivity index (χ1) is 31.2. The van der Waals surface area contributed by atoms with Crippen molar-refractivity contribution in [2.45, 2.75) is 25.9 Å². The van der Waals surface area contributed by atoms with Gasteiger partial charge >= 0.3 is 0 Å². The van der Waals surface area contributed by atoms with E-state index in [0.29, 0.717) is 38.5 Å². The molecule has 2 aromatic heterocycles. The van der Waals surface area contributed by atoms with Gasteiger partial charge in [-0.3, -0.25) is 19.4 Å². The zero-order valence-corrected chi connectivity index (χ0v) is 39.3. The molecule has 8 heterocycles. The van der Waals surface area contributed by atoms with Crippen LogP contribution in [0.15, 0.2) is 48.8 Å². The molecule has 0 spiro atoms. The summed E-state index contributed by atoms with van der Waals surface area (Å²) in [5.41, 5.74) is 2.49. The van der Waals surface area contributed by atoms with Gasteiger partial charge in [-0.05, 0) is 63.3 Å². The summed E-state index contributed by atoms with van der Waals surface area (Å²) >= 11 is 3.05. The topological polar surface area (TPSA) is 123 Å². The SMILES string of the molecule is C[C@@H](c1ccc2c(c1)OCCO2)N1CCN(c2ncc(C(=O)N3CCN(C)CC3)s2)CC1.C[C@H](c1ccc2c(c1)OCCO2)N1CCN(c2ncc(C(=O)N3CCN(C)CC3)s2)CC1. The number of carbonyl (C=O) groups excluding carboxylic acids is 2. The van der Waals surface area contributed by atoms with E-state index >= 15 is 0 Å². The minimum atomic E-state index is 0.118. The van der Waals surface area contributed by atoms with Crippen LogP contribution in [0.2, 0.25) is 0 Å². The predicted octanol–water partition coefficient (Wildman–Crippen LogP) is 4.37. The number of piperazine rings is 4. The van der Waals surface area contributed by atoms with Gasteiger partial charge in [0.05, 0.1) is 12.4 Å². The van der Waals surface area contributed by atoms with Gasteiger partial charge < -0.3 is 48.3 Å². The molecule has 64 heavy (non-hydrogen) atoms. The van der Waals surface area contributed by atoms with E-state index in [2.05, 4.69) is 91.6 Å². The third-order valence-electron chi connectivity index (χ3n) is 13.4. The van der Waals surface area contributed by atoms with Crippen molar-refractivity contribution in [3.8, 4) is 23.0 Å². The quantitative estimate of drug-likeness (QED) is 0.249. The number of amides is 2. The first-order valence-electron chi connectivity index (χ1n) is 22.8. The minimum absolute atomic E-state index is 0.118. The maximum absolute atomic E-state index is 12.8. The van der Waals surface area contributed by atoms with E-state index in [1.165, 1.54) is 33.8 Å². The number of hydrogen-bond donors (Lipinski definition) is 0. The van der Waals surface area contributed by atoms with E-state index in [1.807, 2.05) is 21.9 Å². The first-order valence-corrected chi connectivity index (χ1v) is 24.4. The molecule has 6 aliphatic heterocycles. The molecule has 344 valence electrons. The number of ether oxygens (including phenoxy) is 4. The number of likely N-dealkylation sites (N-methyl/N-ethyl adjacent to an activating group) is 2. The molecule has 0 radical (unpaired) electrons. The van der Waals surface area contributed by atoms with Gasteiger partial charge in [-0.2, -0.15) is 0 Å². The Kier molecular flexibility index (Phi) is 14.0. The molecule has 18 heteroatoms. The molecule has 0 aliphatic carbocycles. The van der Waals surface area contributed by atoms with Gasteiger partial charge in [-0.1, -0.05) is 34.8 Å². The highest BCUT2D eigenvalue weighted by molar-refractivity contribution is 7.17. The van der Waals surface area contributed by atoms with E-state index < -0.39 is 0 Å². The number of nitrogens with zero attached hydrogens (tertiary/aromatic N) is 10. The molecule has 0 bridgehead atoms. The third-order valence-corrected chi connectivity index (χ3v) is 15.4. The minimum Gasteiger partial charge on any atom is -0.486 e. The van der Waals surface area contributed by atoms with Crippen LogP contribution >= 0.6 is 22.7 Å². The van der Waals surface area contributed by atoms with Crippen LogP contribution in [0.3, 0.4) is 0 Å². The Morgan fingerprint density at radius 2 is 0.859 bits per heavy atom. The maximum atomic E-state index is 12.8. The van der Waals surface area contributed by atoms with Gasteiger partial charge in [0.25, 0.3) is 11.8 Å². The summed E-state index contributed by atoms with van der Waals surface area (Å²) in [5.74, 6) is 3.60. The fraction of sp³-hybridized carbons (Fsp3) is 0.565. The molecule has 2 amide bonds. The van der Waals surface area contributed by atoms with Gasteiger partial charge in [-0.25, -0.2) is 9.97 Å². The van der Waals surface area contributed by atoms with Crippen LogP contribution in [-0.2, 0) is 0 Å². The summed E-state index contributed by atoms with van der Waals surface area (Å²) in [6, 6.07) is 13.2. The first kappa shape index (κ1) is 44.5. The molecule has 0 unspecified atom stereocenters. The van der Waals surface area contributed by atoms with Crippen molar-refractivity contribution in [2.24, 2.45) is 0 Å². The van der Waals surface area contributed by atoms with Gasteiger partial charge in [-0.15, -0.1) is 0 Å². The lowest BCUT2D eigenvalue weighted by molar-refractivity contribution is 0.0661. The van der Waals surface area contributed by atoms with Gasteiger partial charge in [0, 0.05) is 117 Å². The number of benzene rings is 2. The van der Waals surface area contributed by atoms with Crippen LogP contribution < -0.4 is 28.7 Å². The average Bonchev–Trinajstić information content (AvgIpc) is 4.06. The summed E-state index contributed by atoms with van der Waals surface area (Å²) in [6.07, 6.45) is 3.51. The van der Waals surface area contributed by atoms with Crippen LogP contribution in [0.1, 0.15) is 56.4 Å². The number of rotatable bonds is 8. The standard InChI is InChI=1S/2C23H31N5O3S/c2*1-17(18-3-4-19-20(15-18)31-14-13-30-19)26-9-11-28(12-10-26)23-24-16-21(32-23)22(29)27-7-5-25(2)6-8-27/h2*3-4,15-17H,5-14H2,1-2H3/t2*17-/m10/s1. The van der Waals surface area contributed by atoms with Crippen molar-refractivity contribution in [2.75, 3.05) is 155 Å². The second-order valence-corrected chi connectivity index (χ2v) is 19.4. The van der Waals surface area contributed by atoms with E-state index in [0.717, 1.165) is 148 Å². The Labute approximate surface area is 384 Å². The van der Waals surface area contributed by atoms with Gasteiger partial charge in [0.2, 0.25) is 0 Å². The predicted molar refractivity (Wildman–Crippen MR) is 250 cm³/mol. The number of hydrogen-bond acceptors (Lipinski definition) is 16. The number of anilines is 2. The Balaban J connectivity index is 0.000000162. The number of aromatic nitrogens is 2. The Hall–Kier alpha value is -4.72. The number of carbonyl (C=O) groups is 2. The molecule has 2 atom stereocenters. The average molecular weight is 915 g/mol. The number of thiazole rings is 2. The van der Waals surface area contributed by atoms with Crippen LogP contribution in [-0.4, -0.2) is 196 Å². The monoisotopic (exact) mass is 914 g/mol. The fourth-order valence-electron chi connectivity index (χ4n) is 9.01. The highest BCUT2D eigenvalue weighted by Gasteiger charge is 2.29. The summed E-state index contributed by atoms with van der Waals surface area (Å²) in [4.78, 5) is 54.3. The van der Waals surface area contributed by atoms with Crippen LogP contribution in [0.25, 0.3) is 0 Å². The zero-order valence-electron chi connectivity index (χ0n) is 37.7. The summed E-state index contributed by atoms with van der Waals surface area (Å²) < 4.78 is 22.8. The van der Waals surface area contributed by atoms with E-state index in [1.54, 1.807) is 12.4 Å². The van der Waals surface area contributed by atoms with Crippen LogP contribution in [0, 0.1) is 0 Å². The summed E-state index contributed by atoms with van der Waals surface area (Å²) in [7, 11) is 4.20. The largest absolute Gasteiger partial charge is 0.486 e. The summed E-state index contributed by atoms with van der Waals surface area (Å²) in [6.45, 7) is 21.3. The van der Waals surface area contributed by atoms with Gasteiger partial charge in [0.15, 0.2) is 33.3 Å². The molecular formula is C46H62N10O6S2. The van der Waals surface area contributed by atoms with Crippen molar-refractivity contribution in [3.05, 3.63) is 69.7 Å². The van der Waals surface area contributed by atoms with Crippen molar-refractivity contribution in [1.29, 1.82) is 0 Å². The Morgan fingerprint density at radius 3 is 1.23 bits per heavy atom. The highest BCUT2D eigenvalue weighted by atomic mass is 32.1. The van der Waals surface area contributed by atoms with Crippen molar-refractivity contribution < 1.29 is 28.5 Å². The number of fused-ring (bicyclic) bond motifs is 2.